The second kappa shape index (κ2) is 13.5. The van der Waals surface area contributed by atoms with Crippen LogP contribution in [-0.2, 0) is 9.53 Å². The first-order valence-electron chi connectivity index (χ1n) is 7.26. The minimum absolute atomic E-state index is 0.0151. The van der Waals surface area contributed by atoms with E-state index in [1.54, 1.807) is 0 Å². The lowest BCUT2D eigenvalue weighted by Gasteiger charge is -2.04. The summed E-state index contributed by atoms with van der Waals surface area (Å²) in [5, 5.41) is 0. The van der Waals surface area contributed by atoms with Crippen LogP contribution in [0.3, 0.4) is 0 Å². The summed E-state index contributed by atoms with van der Waals surface area (Å²) in [5.41, 5.74) is 0. The van der Waals surface area contributed by atoms with E-state index < -0.39 is 0 Å². The molecule has 0 fully saturated rings. The largest absolute Gasteiger partial charge is 0.466 e. The van der Waals surface area contributed by atoms with Crippen molar-refractivity contribution in [1.29, 1.82) is 0 Å². The van der Waals surface area contributed by atoms with Crippen LogP contribution in [0.1, 0.15) is 77.6 Å². The molecule has 0 aromatic rings. The van der Waals surface area contributed by atoms with Crippen molar-refractivity contribution in [2.45, 2.75) is 77.6 Å². The predicted molar refractivity (Wildman–Crippen MR) is 72.8 cm³/mol. The number of carbonyl (C=O) groups excluding carboxylic acids is 1. The molecule has 0 heterocycles. The molecule has 1 radical (unpaired) electrons. The summed E-state index contributed by atoms with van der Waals surface area (Å²) in [4.78, 5) is 11.3. The summed E-state index contributed by atoms with van der Waals surface area (Å²) in [6, 6.07) is 0. The molecule has 0 aromatic carbocycles. The lowest BCUT2D eigenvalue weighted by atomic mass is 10.1. The predicted octanol–water partition coefficient (Wildman–Crippen LogP) is 4.67. The smallest absolute Gasteiger partial charge is 0.305 e. The van der Waals surface area contributed by atoms with Gasteiger partial charge < -0.3 is 4.74 Å². The van der Waals surface area contributed by atoms with Crippen molar-refractivity contribution in [2.24, 2.45) is 0 Å². The Kier molecular flexibility index (Phi) is 13.1. The maximum atomic E-state index is 11.3. The van der Waals surface area contributed by atoms with E-state index >= 15 is 0 Å². The molecule has 0 bridgehead atoms. The Morgan fingerprint density at radius 2 is 1.59 bits per heavy atom. The number of unbranched alkanes of at least 4 members (excludes halogenated alkanes) is 8. The molecule has 0 rings (SSSR count). The van der Waals surface area contributed by atoms with E-state index in [-0.39, 0.29) is 5.97 Å². The van der Waals surface area contributed by atoms with Gasteiger partial charge in [-0.3, -0.25) is 4.79 Å². The summed E-state index contributed by atoms with van der Waals surface area (Å²) in [5.74, 6) is -0.0151. The van der Waals surface area contributed by atoms with Crippen LogP contribution in [0.2, 0.25) is 0 Å². The van der Waals surface area contributed by atoms with Crippen LogP contribution in [0.25, 0.3) is 0 Å². The van der Waals surface area contributed by atoms with Crippen molar-refractivity contribution in [3.63, 3.8) is 0 Å². The Labute approximate surface area is 107 Å². The number of rotatable bonds is 12. The number of hydrogen-bond donors (Lipinski definition) is 0. The van der Waals surface area contributed by atoms with Crippen LogP contribution < -0.4 is 0 Å². The maximum Gasteiger partial charge on any atom is 0.305 e. The molecule has 0 amide bonds. The third-order valence-electron chi connectivity index (χ3n) is 2.89. The van der Waals surface area contributed by atoms with Gasteiger partial charge in [0.1, 0.15) is 0 Å². The molecule has 2 heteroatoms. The Morgan fingerprint density at radius 1 is 0.941 bits per heavy atom. The minimum Gasteiger partial charge on any atom is -0.466 e. The SMILES string of the molecule is [CH2]CCCCCCCC(=O)OCCCCCC. The number of ether oxygens (including phenoxy) is 1. The second-order valence-electron chi connectivity index (χ2n) is 4.65. The molecule has 0 aromatic heterocycles. The molecular formula is C15H29O2. The van der Waals surface area contributed by atoms with E-state index in [2.05, 4.69) is 13.8 Å². The zero-order valence-corrected chi connectivity index (χ0v) is 11.5. The lowest BCUT2D eigenvalue weighted by molar-refractivity contribution is -0.143. The molecule has 0 unspecified atom stereocenters. The summed E-state index contributed by atoms with van der Waals surface area (Å²) >= 11 is 0. The normalized spacial score (nSPS) is 10.5. The molecular weight excluding hydrogens is 212 g/mol. The van der Waals surface area contributed by atoms with Gasteiger partial charge in [-0.1, -0.05) is 65.2 Å². The van der Waals surface area contributed by atoms with Crippen molar-refractivity contribution < 1.29 is 9.53 Å². The first kappa shape index (κ1) is 16.5. The first-order chi connectivity index (χ1) is 8.31. The van der Waals surface area contributed by atoms with Gasteiger partial charge in [-0.25, -0.2) is 0 Å². The van der Waals surface area contributed by atoms with Gasteiger partial charge in [0.25, 0.3) is 0 Å². The minimum atomic E-state index is -0.0151. The van der Waals surface area contributed by atoms with Gasteiger partial charge in [0, 0.05) is 6.42 Å². The molecule has 2 nitrogen and oxygen atoms in total. The summed E-state index contributed by atoms with van der Waals surface area (Å²) in [6.07, 6.45) is 12.1. The van der Waals surface area contributed by atoms with E-state index in [0.29, 0.717) is 13.0 Å². The van der Waals surface area contributed by atoms with Gasteiger partial charge in [0.2, 0.25) is 0 Å². The van der Waals surface area contributed by atoms with Crippen LogP contribution in [-0.4, -0.2) is 12.6 Å². The van der Waals surface area contributed by atoms with Gasteiger partial charge in [0.15, 0.2) is 0 Å². The number of esters is 1. The van der Waals surface area contributed by atoms with Crippen LogP contribution >= 0.6 is 0 Å². The van der Waals surface area contributed by atoms with E-state index in [9.17, 15) is 4.79 Å². The molecule has 0 saturated carbocycles. The summed E-state index contributed by atoms with van der Waals surface area (Å²) in [7, 11) is 0. The number of carbonyl (C=O) groups is 1. The van der Waals surface area contributed by atoms with Gasteiger partial charge in [0.05, 0.1) is 6.61 Å². The Bertz CT molecular complexity index is 166. The fourth-order valence-electron chi connectivity index (χ4n) is 1.76. The molecule has 17 heavy (non-hydrogen) atoms. The zero-order valence-electron chi connectivity index (χ0n) is 11.5. The Balaban J connectivity index is 3.12. The molecule has 0 spiro atoms. The summed E-state index contributed by atoms with van der Waals surface area (Å²) < 4.78 is 5.17. The standard InChI is InChI=1S/C15H29O2/c1-3-5-7-9-10-11-13-15(16)17-14-12-8-6-4-2/h1,3-14H2,2H3. The topological polar surface area (TPSA) is 26.3 Å². The molecule has 101 valence electrons. The van der Waals surface area contributed by atoms with Gasteiger partial charge in [-0.05, 0) is 12.8 Å². The van der Waals surface area contributed by atoms with Crippen molar-refractivity contribution in [3.8, 4) is 0 Å². The second-order valence-corrected chi connectivity index (χ2v) is 4.65. The highest BCUT2D eigenvalue weighted by atomic mass is 16.5. The fraction of sp³-hybridized carbons (Fsp3) is 0.867. The quantitative estimate of drug-likeness (QED) is 0.366. The van der Waals surface area contributed by atoms with Crippen LogP contribution in [0.4, 0.5) is 0 Å². The fourth-order valence-corrected chi connectivity index (χ4v) is 1.76. The highest BCUT2D eigenvalue weighted by Gasteiger charge is 2.01. The van der Waals surface area contributed by atoms with Gasteiger partial charge >= 0.3 is 5.97 Å². The van der Waals surface area contributed by atoms with Crippen molar-refractivity contribution >= 4 is 5.97 Å². The molecule has 0 aliphatic rings. The van der Waals surface area contributed by atoms with E-state index in [0.717, 1.165) is 25.7 Å². The molecule has 0 N–H and O–H groups in total. The van der Waals surface area contributed by atoms with Crippen LogP contribution in [0.15, 0.2) is 0 Å². The van der Waals surface area contributed by atoms with Gasteiger partial charge in [-0.2, -0.15) is 0 Å². The van der Waals surface area contributed by atoms with Crippen LogP contribution in [0.5, 0.6) is 0 Å². The molecule has 0 aliphatic heterocycles. The number of hydrogen-bond acceptors (Lipinski definition) is 2. The van der Waals surface area contributed by atoms with E-state index in [1.165, 1.54) is 38.5 Å². The van der Waals surface area contributed by atoms with E-state index in [4.69, 9.17) is 4.74 Å². The van der Waals surface area contributed by atoms with E-state index in [1.807, 2.05) is 0 Å². The average Bonchev–Trinajstić information content (AvgIpc) is 2.33. The van der Waals surface area contributed by atoms with Crippen LogP contribution in [0, 0.1) is 6.92 Å². The first-order valence-corrected chi connectivity index (χ1v) is 7.26. The highest BCUT2D eigenvalue weighted by molar-refractivity contribution is 5.69. The van der Waals surface area contributed by atoms with Crippen molar-refractivity contribution in [1.82, 2.24) is 0 Å². The molecule has 0 aliphatic carbocycles. The van der Waals surface area contributed by atoms with Crippen molar-refractivity contribution in [3.05, 3.63) is 6.92 Å². The summed E-state index contributed by atoms with van der Waals surface area (Å²) in [6.45, 7) is 6.61. The highest BCUT2D eigenvalue weighted by Crippen LogP contribution is 2.07. The van der Waals surface area contributed by atoms with Crippen molar-refractivity contribution in [2.75, 3.05) is 6.61 Å². The Hall–Kier alpha value is -0.530. The maximum absolute atomic E-state index is 11.3. The Morgan fingerprint density at radius 3 is 2.29 bits per heavy atom. The third-order valence-corrected chi connectivity index (χ3v) is 2.89. The average molecular weight is 241 g/mol. The molecule has 0 atom stereocenters. The monoisotopic (exact) mass is 241 g/mol. The zero-order chi connectivity index (χ0) is 12.8. The van der Waals surface area contributed by atoms with Gasteiger partial charge in [-0.15, -0.1) is 0 Å². The third kappa shape index (κ3) is 13.4. The molecule has 0 saturated heterocycles. The lowest BCUT2D eigenvalue weighted by Crippen LogP contribution is -2.05.